The Hall–Kier alpha value is -1.83. The van der Waals surface area contributed by atoms with Gasteiger partial charge in [0, 0.05) is 18.7 Å². The highest BCUT2D eigenvalue weighted by molar-refractivity contribution is 5.97. The van der Waals surface area contributed by atoms with E-state index in [4.69, 9.17) is 0 Å². The van der Waals surface area contributed by atoms with Crippen LogP contribution in [0.3, 0.4) is 0 Å². The van der Waals surface area contributed by atoms with Gasteiger partial charge in [0.2, 0.25) is 5.91 Å². The van der Waals surface area contributed by atoms with Gasteiger partial charge in [-0.1, -0.05) is 44.2 Å². The summed E-state index contributed by atoms with van der Waals surface area (Å²) in [6.45, 7) is 4.01. The summed E-state index contributed by atoms with van der Waals surface area (Å²) in [7, 11) is 1.85. The van der Waals surface area contributed by atoms with Gasteiger partial charge < -0.3 is 4.90 Å². The van der Waals surface area contributed by atoms with Crippen molar-refractivity contribution in [1.82, 2.24) is 0 Å². The van der Waals surface area contributed by atoms with Gasteiger partial charge in [-0.25, -0.2) is 0 Å². The maximum atomic E-state index is 12.1. The number of fused-ring (bicyclic) bond motifs is 1. The molecule has 2 aromatic rings. The van der Waals surface area contributed by atoms with E-state index in [2.05, 4.69) is 24.3 Å². The van der Waals surface area contributed by atoms with Gasteiger partial charge in [0.15, 0.2) is 0 Å². The lowest BCUT2D eigenvalue weighted by atomic mass is 10.1. The topological polar surface area (TPSA) is 20.3 Å². The maximum Gasteiger partial charge on any atom is 0.229 e. The van der Waals surface area contributed by atoms with Crippen LogP contribution >= 0.6 is 0 Å². The molecule has 0 spiro atoms. The van der Waals surface area contributed by atoms with Crippen LogP contribution in [-0.2, 0) is 4.79 Å². The average molecular weight is 241 g/mol. The molecule has 0 aromatic heterocycles. The van der Waals surface area contributed by atoms with Gasteiger partial charge in [-0.2, -0.15) is 0 Å². The number of anilines is 1. The summed E-state index contributed by atoms with van der Waals surface area (Å²) in [5.41, 5.74) is 0.957. The molecule has 0 radical (unpaired) electrons. The van der Waals surface area contributed by atoms with Gasteiger partial charge >= 0.3 is 0 Å². The predicted octanol–water partition coefficient (Wildman–Crippen LogP) is 3.85. The summed E-state index contributed by atoms with van der Waals surface area (Å²) in [5, 5.41) is 2.37. The second-order valence-electron chi connectivity index (χ2n) is 4.74. The van der Waals surface area contributed by atoms with E-state index in [1.807, 2.05) is 39.1 Å². The Bertz CT molecular complexity index is 562. The lowest BCUT2D eigenvalue weighted by Gasteiger charge is -2.21. The Morgan fingerprint density at radius 2 is 1.83 bits per heavy atom. The van der Waals surface area contributed by atoms with Crippen molar-refractivity contribution in [3.8, 4) is 0 Å². The molecule has 0 aliphatic carbocycles. The van der Waals surface area contributed by atoms with Gasteiger partial charge in [0.1, 0.15) is 0 Å². The predicted molar refractivity (Wildman–Crippen MR) is 76.8 cm³/mol. The second-order valence-corrected chi connectivity index (χ2v) is 4.74. The Labute approximate surface area is 108 Å². The van der Waals surface area contributed by atoms with Gasteiger partial charge in [-0.3, -0.25) is 4.79 Å². The summed E-state index contributed by atoms with van der Waals surface area (Å²) in [5.74, 6) is 0.245. The summed E-state index contributed by atoms with van der Waals surface area (Å²) < 4.78 is 0. The van der Waals surface area contributed by atoms with Crippen molar-refractivity contribution in [2.45, 2.75) is 20.3 Å². The van der Waals surface area contributed by atoms with Gasteiger partial charge in [-0.15, -0.1) is 0 Å². The molecule has 0 aliphatic heterocycles. The van der Waals surface area contributed by atoms with Crippen LogP contribution in [0.25, 0.3) is 10.8 Å². The molecule has 18 heavy (non-hydrogen) atoms. The SMILES string of the molecule is CCC(C)C(=O)N(C)c1ccc2ccccc2c1. The quantitative estimate of drug-likeness (QED) is 0.799. The number of hydrogen-bond donors (Lipinski definition) is 0. The second kappa shape index (κ2) is 5.21. The molecule has 2 nitrogen and oxygen atoms in total. The number of hydrogen-bond acceptors (Lipinski definition) is 1. The minimum Gasteiger partial charge on any atom is -0.315 e. The number of nitrogens with zero attached hydrogens (tertiary/aromatic N) is 1. The first-order chi connectivity index (χ1) is 8.63. The zero-order valence-corrected chi connectivity index (χ0v) is 11.2. The average Bonchev–Trinajstić information content (AvgIpc) is 2.44. The Balaban J connectivity index is 2.33. The Morgan fingerprint density at radius 3 is 2.50 bits per heavy atom. The number of amides is 1. The van der Waals surface area contributed by atoms with Crippen LogP contribution in [0.15, 0.2) is 42.5 Å². The summed E-state index contributed by atoms with van der Waals surface area (Å²) in [6, 6.07) is 14.3. The zero-order valence-electron chi connectivity index (χ0n) is 11.2. The van der Waals surface area contributed by atoms with Crippen molar-refractivity contribution in [2.24, 2.45) is 5.92 Å². The number of carbonyl (C=O) groups excluding carboxylic acids is 1. The molecule has 2 rings (SSSR count). The van der Waals surface area contributed by atoms with Crippen molar-refractivity contribution in [2.75, 3.05) is 11.9 Å². The molecule has 0 heterocycles. The standard InChI is InChI=1S/C16H19NO/c1-4-12(2)16(18)17(3)15-10-9-13-7-5-6-8-14(13)11-15/h5-12H,4H2,1-3H3. The summed E-state index contributed by atoms with van der Waals surface area (Å²) in [6.07, 6.45) is 0.872. The van der Waals surface area contributed by atoms with E-state index in [-0.39, 0.29) is 11.8 Å². The Morgan fingerprint density at radius 1 is 1.17 bits per heavy atom. The van der Waals surface area contributed by atoms with Gasteiger partial charge in [0.05, 0.1) is 0 Å². The minimum atomic E-state index is 0.0708. The van der Waals surface area contributed by atoms with E-state index < -0.39 is 0 Å². The number of benzene rings is 2. The molecule has 1 unspecified atom stereocenters. The molecular weight excluding hydrogens is 222 g/mol. The first kappa shape index (κ1) is 12.6. The van der Waals surface area contributed by atoms with Crippen molar-refractivity contribution in [3.63, 3.8) is 0 Å². The fourth-order valence-corrected chi connectivity index (χ4v) is 2.02. The zero-order chi connectivity index (χ0) is 13.1. The van der Waals surface area contributed by atoms with E-state index in [0.29, 0.717) is 0 Å². The third-order valence-electron chi connectivity index (χ3n) is 3.48. The molecule has 2 aromatic carbocycles. The van der Waals surface area contributed by atoms with Crippen LogP contribution < -0.4 is 4.90 Å². The van der Waals surface area contributed by atoms with Crippen molar-refractivity contribution >= 4 is 22.4 Å². The van der Waals surface area contributed by atoms with E-state index in [1.165, 1.54) is 10.8 Å². The van der Waals surface area contributed by atoms with E-state index >= 15 is 0 Å². The van der Waals surface area contributed by atoms with E-state index in [0.717, 1.165) is 12.1 Å². The normalized spacial score (nSPS) is 12.4. The molecule has 94 valence electrons. The van der Waals surface area contributed by atoms with Crippen molar-refractivity contribution in [1.29, 1.82) is 0 Å². The first-order valence-corrected chi connectivity index (χ1v) is 6.40. The Kier molecular flexibility index (Phi) is 3.66. The summed E-state index contributed by atoms with van der Waals surface area (Å²) >= 11 is 0. The van der Waals surface area contributed by atoms with Crippen molar-refractivity contribution in [3.05, 3.63) is 42.5 Å². The molecule has 0 fully saturated rings. The van der Waals surface area contributed by atoms with Crippen LogP contribution in [0.2, 0.25) is 0 Å². The minimum absolute atomic E-state index is 0.0708. The molecule has 0 bridgehead atoms. The van der Waals surface area contributed by atoms with Crippen LogP contribution in [0.4, 0.5) is 5.69 Å². The lowest BCUT2D eigenvalue weighted by Crippen LogP contribution is -2.31. The third kappa shape index (κ3) is 2.37. The first-order valence-electron chi connectivity index (χ1n) is 6.40. The summed E-state index contributed by atoms with van der Waals surface area (Å²) in [4.78, 5) is 13.9. The molecule has 0 saturated heterocycles. The van der Waals surface area contributed by atoms with Gasteiger partial charge in [-0.05, 0) is 29.3 Å². The molecule has 2 heteroatoms. The molecule has 1 amide bonds. The van der Waals surface area contributed by atoms with Crippen LogP contribution in [0.5, 0.6) is 0 Å². The van der Waals surface area contributed by atoms with Crippen molar-refractivity contribution < 1.29 is 4.79 Å². The van der Waals surface area contributed by atoms with E-state index in [9.17, 15) is 4.79 Å². The van der Waals surface area contributed by atoms with Crippen LogP contribution in [0, 0.1) is 5.92 Å². The fraction of sp³-hybridized carbons (Fsp3) is 0.312. The lowest BCUT2D eigenvalue weighted by molar-refractivity contribution is -0.121. The molecule has 0 aliphatic rings. The smallest absolute Gasteiger partial charge is 0.229 e. The maximum absolute atomic E-state index is 12.1. The highest BCUT2D eigenvalue weighted by Crippen LogP contribution is 2.22. The number of carbonyl (C=O) groups is 1. The largest absolute Gasteiger partial charge is 0.315 e. The van der Waals surface area contributed by atoms with Gasteiger partial charge in [0.25, 0.3) is 0 Å². The molecular formula is C16H19NO. The monoisotopic (exact) mass is 241 g/mol. The molecule has 0 N–H and O–H groups in total. The van der Waals surface area contributed by atoms with Crippen LogP contribution in [0.1, 0.15) is 20.3 Å². The number of rotatable bonds is 3. The highest BCUT2D eigenvalue weighted by Gasteiger charge is 2.16. The molecule has 0 saturated carbocycles. The molecule has 1 atom stereocenters. The van der Waals surface area contributed by atoms with Crippen LogP contribution in [-0.4, -0.2) is 13.0 Å². The van der Waals surface area contributed by atoms with E-state index in [1.54, 1.807) is 4.90 Å². The third-order valence-corrected chi connectivity index (χ3v) is 3.48. The fourth-order valence-electron chi connectivity index (χ4n) is 2.02. The highest BCUT2D eigenvalue weighted by atomic mass is 16.2.